The van der Waals surface area contributed by atoms with Crippen LogP contribution in [-0.2, 0) is 4.79 Å². The Balaban J connectivity index is 2.68. The molecular formula is C17H26Cl2N2O. The summed E-state index contributed by atoms with van der Waals surface area (Å²) in [7, 11) is 0. The van der Waals surface area contributed by atoms with E-state index in [1.165, 1.54) is 0 Å². The molecule has 0 aliphatic carbocycles. The molecule has 1 rings (SSSR count). The SMILES string of the molecule is CCCCNC(=O)C(C)c1ccc(N(CCCl)CCCl)cc1. The molecule has 0 aliphatic heterocycles. The van der Waals surface area contributed by atoms with Gasteiger partial charge >= 0.3 is 0 Å². The highest BCUT2D eigenvalue weighted by Crippen LogP contribution is 2.21. The summed E-state index contributed by atoms with van der Waals surface area (Å²) >= 11 is 11.7. The van der Waals surface area contributed by atoms with Crippen molar-refractivity contribution in [3.63, 3.8) is 0 Å². The number of hydrogen-bond acceptors (Lipinski definition) is 2. The monoisotopic (exact) mass is 344 g/mol. The van der Waals surface area contributed by atoms with Crippen molar-refractivity contribution in [3.8, 4) is 0 Å². The van der Waals surface area contributed by atoms with Crippen LogP contribution in [0.4, 0.5) is 5.69 Å². The molecule has 1 amide bonds. The van der Waals surface area contributed by atoms with Crippen molar-refractivity contribution >= 4 is 34.8 Å². The van der Waals surface area contributed by atoms with E-state index in [1.54, 1.807) is 0 Å². The lowest BCUT2D eigenvalue weighted by Gasteiger charge is -2.23. The van der Waals surface area contributed by atoms with Gasteiger partial charge in [0.1, 0.15) is 0 Å². The van der Waals surface area contributed by atoms with E-state index in [-0.39, 0.29) is 11.8 Å². The van der Waals surface area contributed by atoms with Gasteiger partial charge in [-0.2, -0.15) is 0 Å². The molecule has 0 bridgehead atoms. The number of halogens is 2. The minimum Gasteiger partial charge on any atom is -0.369 e. The largest absolute Gasteiger partial charge is 0.369 e. The number of alkyl halides is 2. The molecule has 0 saturated carbocycles. The van der Waals surface area contributed by atoms with Crippen LogP contribution < -0.4 is 10.2 Å². The fourth-order valence-corrected chi connectivity index (χ4v) is 2.65. The summed E-state index contributed by atoms with van der Waals surface area (Å²) < 4.78 is 0. The first-order valence-corrected chi connectivity index (χ1v) is 8.95. The minimum absolute atomic E-state index is 0.0829. The maximum atomic E-state index is 12.1. The van der Waals surface area contributed by atoms with Crippen LogP contribution in [0.2, 0.25) is 0 Å². The standard InChI is InChI=1S/C17H26Cl2N2O/c1-3-4-11-20-17(22)14(2)15-5-7-16(8-6-15)21(12-9-18)13-10-19/h5-8,14H,3-4,9-13H2,1-2H3,(H,20,22). The highest BCUT2D eigenvalue weighted by atomic mass is 35.5. The third-order valence-electron chi connectivity index (χ3n) is 3.69. The molecule has 124 valence electrons. The molecule has 0 radical (unpaired) electrons. The third-order valence-corrected chi connectivity index (χ3v) is 4.03. The summed E-state index contributed by atoms with van der Waals surface area (Å²) in [6.07, 6.45) is 2.10. The van der Waals surface area contributed by atoms with E-state index in [2.05, 4.69) is 17.1 Å². The topological polar surface area (TPSA) is 32.3 Å². The highest BCUT2D eigenvalue weighted by molar-refractivity contribution is 6.18. The van der Waals surface area contributed by atoms with Crippen LogP contribution >= 0.6 is 23.2 Å². The van der Waals surface area contributed by atoms with E-state index in [4.69, 9.17) is 23.2 Å². The number of hydrogen-bond donors (Lipinski definition) is 1. The van der Waals surface area contributed by atoms with Gasteiger partial charge in [0.2, 0.25) is 5.91 Å². The fraction of sp³-hybridized carbons (Fsp3) is 0.588. The lowest BCUT2D eigenvalue weighted by atomic mass is 10.00. The summed E-state index contributed by atoms with van der Waals surface area (Å²) in [6, 6.07) is 8.08. The average molecular weight is 345 g/mol. The van der Waals surface area contributed by atoms with Gasteiger partial charge in [-0.1, -0.05) is 25.5 Å². The van der Waals surface area contributed by atoms with Gasteiger partial charge < -0.3 is 10.2 Å². The maximum Gasteiger partial charge on any atom is 0.227 e. The van der Waals surface area contributed by atoms with Gasteiger partial charge in [-0.3, -0.25) is 4.79 Å². The Labute approximate surface area is 144 Å². The van der Waals surface area contributed by atoms with Crippen LogP contribution in [0.5, 0.6) is 0 Å². The highest BCUT2D eigenvalue weighted by Gasteiger charge is 2.15. The number of nitrogens with zero attached hydrogens (tertiary/aromatic N) is 1. The molecule has 0 aromatic heterocycles. The van der Waals surface area contributed by atoms with Crippen molar-refractivity contribution in [2.75, 3.05) is 36.3 Å². The smallest absolute Gasteiger partial charge is 0.227 e. The van der Waals surface area contributed by atoms with Gasteiger partial charge in [0.05, 0.1) is 5.92 Å². The van der Waals surface area contributed by atoms with E-state index in [1.807, 2.05) is 31.2 Å². The normalized spacial score (nSPS) is 12.0. The van der Waals surface area contributed by atoms with Gasteiger partial charge in [0.25, 0.3) is 0 Å². The number of unbranched alkanes of at least 4 members (excludes halogenated alkanes) is 1. The molecule has 0 aliphatic rings. The van der Waals surface area contributed by atoms with E-state index in [0.717, 1.165) is 43.7 Å². The second kappa shape index (κ2) is 10.7. The van der Waals surface area contributed by atoms with Crippen LogP contribution in [0, 0.1) is 0 Å². The zero-order valence-corrected chi connectivity index (χ0v) is 15.0. The molecule has 22 heavy (non-hydrogen) atoms. The number of carbonyl (C=O) groups is 1. The van der Waals surface area contributed by atoms with Gasteiger partial charge in [-0.15, -0.1) is 23.2 Å². The van der Waals surface area contributed by atoms with Crippen molar-refractivity contribution in [2.45, 2.75) is 32.6 Å². The average Bonchev–Trinajstić information content (AvgIpc) is 2.54. The molecule has 1 unspecified atom stereocenters. The quantitative estimate of drug-likeness (QED) is 0.514. The molecule has 0 spiro atoms. The third kappa shape index (κ3) is 6.05. The Kier molecular flexibility index (Phi) is 9.33. The minimum atomic E-state index is -0.139. The summed E-state index contributed by atoms with van der Waals surface area (Å²) in [5, 5.41) is 2.98. The van der Waals surface area contributed by atoms with Gasteiger partial charge in [-0.05, 0) is 31.0 Å². The first kappa shape index (κ1) is 19.1. The van der Waals surface area contributed by atoms with Crippen molar-refractivity contribution < 1.29 is 4.79 Å². The van der Waals surface area contributed by atoms with Crippen molar-refractivity contribution in [1.29, 1.82) is 0 Å². The summed E-state index contributed by atoms with van der Waals surface area (Å²) in [4.78, 5) is 14.2. The van der Waals surface area contributed by atoms with E-state index >= 15 is 0 Å². The molecule has 0 fully saturated rings. The molecular weight excluding hydrogens is 319 g/mol. The second-order valence-corrected chi connectivity index (χ2v) is 6.08. The molecule has 0 heterocycles. The van der Waals surface area contributed by atoms with Crippen molar-refractivity contribution in [3.05, 3.63) is 29.8 Å². The van der Waals surface area contributed by atoms with Crippen molar-refractivity contribution in [1.82, 2.24) is 5.32 Å². The summed E-state index contributed by atoms with van der Waals surface area (Å²) in [5.74, 6) is 1.07. The molecule has 1 aromatic carbocycles. The predicted octanol–water partition coefficient (Wildman–Crippen LogP) is 3.99. The van der Waals surface area contributed by atoms with Crippen LogP contribution in [0.15, 0.2) is 24.3 Å². The summed E-state index contributed by atoms with van der Waals surface area (Å²) in [6.45, 7) is 6.33. The molecule has 1 N–H and O–H groups in total. The zero-order chi connectivity index (χ0) is 16.4. The molecule has 1 aromatic rings. The zero-order valence-electron chi connectivity index (χ0n) is 13.4. The fourth-order valence-electron chi connectivity index (χ4n) is 2.24. The Hall–Kier alpha value is -0.930. The number of carbonyl (C=O) groups excluding carboxylic acids is 1. The first-order chi connectivity index (χ1) is 10.6. The second-order valence-electron chi connectivity index (χ2n) is 5.32. The number of rotatable bonds is 10. The maximum absolute atomic E-state index is 12.1. The van der Waals surface area contributed by atoms with Crippen LogP contribution in [0.25, 0.3) is 0 Å². The van der Waals surface area contributed by atoms with Gasteiger partial charge in [0.15, 0.2) is 0 Å². The number of anilines is 1. The lowest BCUT2D eigenvalue weighted by molar-refractivity contribution is -0.122. The van der Waals surface area contributed by atoms with Gasteiger partial charge in [0, 0.05) is 37.1 Å². The van der Waals surface area contributed by atoms with Gasteiger partial charge in [-0.25, -0.2) is 0 Å². The van der Waals surface area contributed by atoms with Crippen LogP contribution in [-0.4, -0.2) is 37.3 Å². The summed E-state index contributed by atoms with van der Waals surface area (Å²) in [5.41, 5.74) is 2.11. The van der Waals surface area contributed by atoms with E-state index in [0.29, 0.717) is 11.8 Å². The lowest BCUT2D eigenvalue weighted by Crippen LogP contribution is -2.29. The molecule has 5 heteroatoms. The van der Waals surface area contributed by atoms with Crippen molar-refractivity contribution in [2.24, 2.45) is 0 Å². The van der Waals surface area contributed by atoms with Crippen LogP contribution in [0.1, 0.15) is 38.2 Å². The van der Waals surface area contributed by atoms with E-state index < -0.39 is 0 Å². The number of benzene rings is 1. The van der Waals surface area contributed by atoms with E-state index in [9.17, 15) is 4.79 Å². The molecule has 1 atom stereocenters. The number of nitrogens with one attached hydrogen (secondary N) is 1. The van der Waals surface area contributed by atoms with Crippen LogP contribution in [0.3, 0.4) is 0 Å². The number of amides is 1. The Morgan fingerprint density at radius 1 is 1.18 bits per heavy atom. The Bertz CT molecular complexity index is 431. The first-order valence-electron chi connectivity index (χ1n) is 7.88. The predicted molar refractivity (Wildman–Crippen MR) is 96.4 cm³/mol. The Morgan fingerprint density at radius 2 is 1.77 bits per heavy atom. The molecule has 0 saturated heterocycles. The molecule has 3 nitrogen and oxygen atoms in total. The Morgan fingerprint density at radius 3 is 2.27 bits per heavy atom.